The molecular formula is C10H15Br2NO3S2. The summed E-state index contributed by atoms with van der Waals surface area (Å²) in [6, 6.07) is 1.64. The van der Waals surface area contributed by atoms with E-state index in [1.54, 1.807) is 20.0 Å². The molecule has 4 nitrogen and oxygen atoms in total. The van der Waals surface area contributed by atoms with Crippen molar-refractivity contribution in [1.29, 1.82) is 0 Å². The first-order valence-electron chi connectivity index (χ1n) is 5.25. The maximum Gasteiger partial charge on any atom is 0.244 e. The predicted octanol–water partition coefficient (Wildman–Crippen LogP) is 2.85. The van der Waals surface area contributed by atoms with Crippen LogP contribution >= 0.6 is 43.2 Å². The molecule has 0 aliphatic rings. The average molecular weight is 421 g/mol. The van der Waals surface area contributed by atoms with E-state index in [2.05, 4.69) is 31.9 Å². The molecule has 18 heavy (non-hydrogen) atoms. The van der Waals surface area contributed by atoms with Gasteiger partial charge >= 0.3 is 0 Å². The first-order valence-corrected chi connectivity index (χ1v) is 9.42. The van der Waals surface area contributed by atoms with Crippen LogP contribution in [0.3, 0.4) is 0 Å². The van der Waals surface area contributed by atoms with E-state index in [-0.39, 0.29) is 0 Å². The molecule has 0 bridgehead atoms. The minimum Gasteiger partial charge on any atom is -0.379 e. The zero-order chi connectivity index (χ0) is 13.8. The maximum atomic E-state index is 12.3. The minimum atomic E-state index is -3.41. The van der Waals surface area contributed by atoms with Crippen molar-refractivity contribution in [2.75, 3.05) is 32.1 Å². The number of hydrogen-bond acceptors (Lipinski definition) is 4. The number of alkyl halides is 1. The number of ether oxygens (including phenoxy) is 1. The van der Waals surface area contributed by atoms with Crippen LogP contribution in [0.5, 0.6) is 0 Å². The second-order valence-corrected chi connectivity index (χ2v) is 9.04. The van der Waals surface area contributed by atoms with Gasteiger partial charge in [-0.15, -0.1) is 11.3 Å². The molecule has 1 aromatic rings. The van der Waals surface area contributed by atoms with Gasteiger partial charge in [0.15, 0.2) is 0 Å². The zero-order valence-electron chi connectivity index (χ0n) is 10.2. The number of hydrogen-bond donors (Lipinski definition) is 0. The molecule has 0 unspecified atom stereocenters. The fourth-order valence-electron chi connectivity index (χ4n) is 1.32. The molecule has 0 aromatic carbocycles. The van der Waals surface area contributed by atoms with E-state index >= 15 is 0 Å². The van der Waals surface area contributed by atoms with Gasteiger partial charge in [-0.2, -0.15) is 4.31 Å². The lowest BCUT2D eigenvalue weighted by Crippen LogP contribution is -2.30. The van der Waals surface area contributed by atoms with Gasteiger partial charge in [-0.1, -0.05) is 15.9 Å². The third kappa shape index (κ3) is 4.28. The van der Waals surface area contributed by atoms with Crippen LogP contribution in [0.4, 0.5) is 0 Å². The van der Waals surface area contributed by atoms with Gasteiger partial charge in [-0.05, 0) is 28.9 Å². The molecule has 1 rings (SSSR count). The van der Waals surface area contributed by atoms with Crippen LogP contribution in [0.1, 0.15) is 4.88 Å². The molecule has 0 atom stereocenters. The van der Waals surface area contributed by atoms with Gasteiger partial charge in [0, 0.05) is 23.8 Å². The zero-order valence-corrected chi connectivity index (χ0v) is 15.0. The maximum absolute atomic E-state index is 12.3. The molecule has 0 aliphatic carbocycles. The molecule has 8 heteroatoms. The molecular weight excluding hydrogens is 406 g/mol. The SMILES string of the molecule is Cc1sc(Br)cc1S(=O)(=O)N(C)CCOCCBr. The van der Waals surface area contributed by atoms with Crippen LogP contribution in [0.25, 0.3) is 0 Å². The van der Waals surface area contributed by atoms with E-state index in [1.165, 1.54) is 15.6 Å². The highest BCUT2D eigenvalue weighted by atomic mass is 79.9. The molecule has 0 fully saturated rings. The van der Waals surface area contributed by atoms with Gasteiger partial charge in [0.25, 0.3) is 0 Å². The van der Waals surface area contributed by atoms with Crippen molar-refractivity contribution in [3.63, 3.8) is 0 Å². The Bertz CT molecular complexity index is 487. The molecule has 104 valence electrons. The molecule has 0 amide bonds. The van der Waals surface area contributed by atoms with Crippen molar-refractivity contribution in [3.8, 4) is 0 Å². The van der Waals surface area contributed by atoms with Gasteiger partial charge in [-0.3, -0.25) is 0 Å². The van der Waals surface area contributed by atoms with Crippen molar-refractivity contribution in [3.05, 3.63) is 14.7 Å². The summed E-state index contributed by atoms with van der Waals surface area (Å²) in [7, 11) is -1.85. The topological polar surface area (TPSA) is 46.6 Å². The summed E-state index contributed by atoms with van der Waals surface area (Å²) in [5, 5.41) is 0.750. The van der Waals surface area contributed by atoms with Gasteiger partial charge in [0.2, 0.25) is 10.0 Å². The Balaban J connectivity index is 2.71. The average Bonchev–Trinajstić information content (AvgIpc) is 2.64. The van der Waals surface area contributed by atoms with Crippen molar-refractivity contribution in [1.82, 2.24) is 4.31 Å². The number of nitrogens with zero attached hydrogens (tertiary/aromatic N) is 1. The van der Waals surface area contributed by atoms with E-state index in [0.717, 1.165) is 14.0 Å². The third-order valence-electron chi connectivity index (χ3n) is 2.30. The molecule has 1 heterocycles. The fraction of sp³-hybridized carbons (Fsp3) is 0.600. The monoisotopic (exact) mass is 419 g/mol. The summed E-state index contributed by atoms with van der Waals surface area (Å²) in [5.74, 6) is 0. The number of thiophene rings is 1. The molecule has 0 radical (unpaired) electrons. The van der Waals surface area contributed by atoms with E-state index < -0.39 is 10.0 Å². The number of sulfonamides is 1. The van der Waals surface area contributed by atoms with Crippen LogP contribution in [-0.4, -0.2) is 44.9 Å². The van der Waals surface area contributed by atoms with Crippen molar-refractivity contribution in [2.24, 2.45) is 0 Å². The Morgan fingerprint density at radius 1 is 1.44 bits per heavy atom. The predicted molar refractivity (Wildman–Crippen MR) is 81.2 cm³/mol. The lowest BCUT2D eigenvalue weighted by molar-refractivity contribution is 0.141. The quantitative estimate of drug-likeness (QED) is 0.503. The molecule has 0 saturated carbocycles. The van der Waals surface area contributed by atoms with Crippen LogP contribution in [0.15, 0.2) is 14.7 Å². The summed E-state index contributed by atoms with van der Waals surface area (Å²) < 4.78 is 32.0. The van der Waals surface area contributed by atoms with Crippen LogP contribution < -0.4 is 0 Å². The Morgan fingerprint density at radius 2 is 2.11 bits per heavy atom. The summed E-state index contributed by atoms with van der Waals surface area (Å²) in [4.78, 5) is 1.15. The fourth-order valence-corrected chi connectivity index (χ4v) is 5.09. The Morgan fingerprint density at radius 3 is 2.61 bits per heavy atom. The summed E-state index contributed by atoms with van der Waals surface area (Å²) in [6.07, 6.45) is 0. The number of rotatable bonds is 7. The highest BCUT2D eigenvalue weighted by Crippen LogP contribution is 2.31. The van der Waals surface area contributed by atoms with Crippen molar-refractivity contribution in [2.45, 2.75) is 11.8 Å². The molecule has 0 N–H and O–H groups in total. The van der Waals surface area contributed by atoms with E-state index in [1.807, 2.05) is 0 Å². The number of likely N-dealkylation sites (N-methyl/N-ethyl adjacent to an activating group) is 1. The lowest BCUT2D eigenvalue weighted by atomic mass is 10.5. The van der Waals surface area contributed by atoms with Crippen LogP contribution in [0.2, 0.25) is 0 Å². The minimum absolute atomic E-state index is 0.349. The van der Waals surface area contributed by atoms with Crippen LogP contribution in [-0.2, 0) is 14.8 Å². The van der Waals surface area contributed by atoms with Gasteiger partial charge < -0.3 is 4.74 Å². The lowest BCUT2D eigenvalue weighted by Gasteiger charge is -2.16. The van der Waals surface area contributed by atoms with Crippen molar-refractivity contribution >= 4 is 53.2 Å². The normalized spacial score (nSPS) is 12.3. The van der Waals surface area contributed by atoms with Gasteiger partial charge in [0.05, 0.1) is 21.9 Å². The van der Waals surface area contributed by atoms with Crippen LogP contribution in [0, 0.1) is 6.92 Å². The Hall–Kier alpha value is 0.530. The standard InChI is InChI=1S/C10H15Br2NO3S2/c1-8-9(7-10(12)17-8)18(14,15)13(2)4-6-16-5-3-11/h7H,3-6H2,1-2H3. The molecule has 0 aliphatic heterocycles. The summed E-state index contributed by atoms with van der Waals surface area (Å²) in [6.45, 7) is 3.13. The number of halogens is 2. The smallest absolute Gasteiger partial charge is 0.244 e. The Labute approximate surface area is 129 Å². The van der Waals surface area contributed by atoms with E-state index in [4.69, 9.17) is 4.74 Å². The Kier molecular flexibility index (Phi) is 6.77. The molecule has 0 spiro atoms. The van der Waals surface area contributed by atoms with Gasteiger partial charge in [0.1, 0.15) is 0 Å². The summed E-state index contributed by atoms with van der Waals surface area (Å²) >= 11 is 7.97. The van der Waals surface area contributed by atoms with Crippen molar-refractivity contribution < 1.29 is 13.2 Å². The molecule has 1 aromatic heterocycles. The third-order valence-corrected chi connectivity index (χ3v) is 6.29. The van der Waals surface area contributed by atoms with E-state index in [0.29, 0.717) is 24.7 Å². The number of aryl methyl sites for hydroxylation is 1. The molecule has 0 saturated heterocycles. The second kappa shape index (κ2) is 7.35. The van der Waals surface area contributed by atoms with E-state index in [9.17, 15) is 8.42 Å². The highest BCUT2D eigenvalue weighted by molar-refractivity contribution is 9.11. The first-order chi connectivity index (χ1) is 8.39. The first kappa shape index (κ1) is 16.6. The van der Waals surface area contributed by atoms with Gasteiger partial charge in [-0.25, -0.2) is 8.42 Å². The highest BCUT2D eigenvalue weighted by Gasteiger charge is 2.24. The summed E-state index contributed by atoms with van der Waals surface area (Å²) in [5.41, 5.74) is 0. The largest absolute Gasteiger partial charge is 0.379 e. The second-order valence-electron chi connectivity index (χ2n) is 3.60.